The van der Waals surface area contributed by atoms with Crippen LogP contribution in [0.3, 0.4) is 0 Å². The third-order valence-corrected chi connectivity index (χ3v) is 6.89. The first kappa shape index (κ1) is 21.4. The Balaban J connectivity index is 1.58. The van der Waals surface area contributed by atoms with E-state index in [4.69, 9.17) is 4.52 Å². The van der Waals surface area contributed by atoms with Gasteiger partial charge in [0.2, 0.25) is 21.8 Å². The van der Waals surface area contributed by atoms with Crippen molar-refractivity contribution in [2.24, 2.45) is 0 Å². The Morgan fingerprint density at radius 3 is 2.79 bits per heavy atom. The zero-order valence-corrected chi connectivity index (χ0v) is 17.8. The van der Waals surface area contributed by atoms with Gasteiger partial charge in [-0.3, -0.25) is 9.69 Å². The van der Waals surface area contributed by atoms with E-state index >= 15 is 0 Å². The number of carbonyl (C=O) groups excluding carboxylic acids is 1. The second-order valence-corrected chi connectivity index (χ2v) is 9.55. The second kappa shape index (κ2) is 9.02. The molecule has 0 bridgehead atoms. The zero-order chi connectivity index (χ0) is 21.0. The number of benzene rings is 1. The van der Waals surface area contributed by atoms with Crippen LogP contribution < -0.4 is 5.32 Å². The molecule has 1 aliphatic rings. The minimum Gasteiger partial charge on any atom is -0.351 e. The van der Waals surface area contributed by atoms with Gasteiger partial charge < -0.3 is 9.84 Å². The van der Waals surface area contributed by atoms with E-state index in [0.717, 1.165) is 19.4 Å². The molecule has 158 valence electrons. The molecule has 1 saturated heterocycles. The van der Waals surface area contributed by atoms with Crippen LogP contribution in [0, 0.1) is 6.92 Å². The maximum Gasteiger partial charge on any atom is 0.242 e. The molecular weight excluding hydrogens is 394 g/mol. The fraction of sp³-hybridized carbons (Fsp3) is 0.526. The lowest BCUT2D eigenvalue weighted by atomic mass is 9.98. The lowest BCUT2D eigenvalue weighted by Crippen LogP contribution is -2.42. The molecule has 1 N–H and O–H groups in total. The summed E-state index contributed by atoms with van der Waals surface area (Å²) in [4.78, 5) is 19.0. The Hall–Kier alpha value is -2.30. The average Bonchev–Trinajstić information content (AvgIpc) is 3.13. The number of nitrogens with one attached hydrogen (secondary N) is 1. The second-order valence-electron chi connectivity index (χ2n) is 7.43. The van der Waals surface area contributed by atoms with Crippen LogP contribution in [0.1, 0.15) is 36.0 Å². The maximum atomic E-state index is 12.5. The molecule has 29 heavy (non-hydrogen) atoms. The third kappa shape index (κ3) is 5.20. The SMILES string of the molecule is Cc1noc(C2CCCN(CC(=O)NCc3ccccc3S(=O)(=O)N(C)C)C2)n1. The van der Waals surface area contributed by atoms with Crippen molar-refractivity contribution in [3.05, 3.63) is 41.5 Å². The van der Waals surface area contributed by atoms with Gasteiger partial charge in [-0.15, -0.1) is 0 Å². The van der Waals surface area contributed by atoms with Crippen molar-refractivity contribution >= 4 is 15.9 Å². The van der Waals surface area contributed by atoms with Crippen LogP contribution in [0.5, 0.6) is 0 Å². The summed E-state index contributed by atoms with van der Waals surface area (Å²) in [5.41, 5.74) is 0.562. The molecule has 1 fully saturated rings. The molecule has 0 aliphatic carbocycles. The minimum absolute atomic E-state index is 0.128. The molecule has 10 heteroatoms. The lowest BCUT2D eigenvalue weighted by molar-refractivity contribution is -0.122. The van der Waals surface area contributed by atoms with Crippen LogP contribution in [0.25, 0.3) is 0 Å². The van der Waals surface area contributed by atoms with Gasteiger partial charge in [0.05, 0.1) is 17.4 Å². The summed E-state index contributed by atoms with van der Waals surface area (Å²) >= 11 is 0. The summed E-state index contributed by atoms with van der Waals surface area (Å²) in [7, 11) is -0.593. The molecule has 3 rings (SSSR count). The average molecular weight is 422 g/mol. The number of likely N-dealkylation sites (tertiary alicyclic amines) is 1. The van der Waals surface area contributed by atoms with Crippen molar-refractivity contribution in [3.8, 4) is 0 Å². The molecule has 1 atom stereocenters. The Morgan fingerprint density at radius 1 is 1.34 bits per heavy atom. The number of carbonyl (C=O) groups is 1. The summed E-state index contributed by atoms with van der Waals surface area (Å²) in [5, 5.41) is 6.69. The first-order chi connectivity index (χ1) is 13.8. The first-order valence-electron chi connectivity index (χ1n) is 9.57. The number of rotatable bonds is 7. The van der Waals surface area contributed by atoms with Crippen LogP contribution in [0.4, 0.5) is 0 Å². The maximum absolute atomic E-state index is 12.5. The standard InChI is InChI=1S/C19H27N5O4S/c1-14-21-19(28-22-14)16-8-6-10-24(12-16)13-18(25)20-11-15-7-4-5-9-17(15)29(26,27)23(2)3/h4-5,7,9,16H,6,8,10-13H2,1-3H3,(H,20,25). The zero-order valence-electron chi connectivity index (χ0n) is 17.0. The van der Waals surface area contributed by atoms with Crippen molar-refractivity contribution in [2.75, 3.05) is 33.7 Å². The number of piperidine rings is 1. The predicted molar refractivity (Wildman–Crippen MR) is 107 cm³/mol. The molecular formula is C19H27N5O4S. The number of hydrogen-bond donors (Lipinski definition) is 1. The van der Waals surface area contributed by atoms with Crippen LogP contribution in [-0.4, -0.2) is 67.4 Å². The van der Waals surface area contributed by atoms with Gasteiger partial charge in [-0.05, 0) is 37.9 Å². The number of hydrogen-bond acceptors (Lipinski definition) is 7. The summed E-state index contributed by atoms with van der Waals surface area (Å²) < 4.78 is 31.4. The molecule has 1 unspecified atom stereocenters. The van der Waals surface area contributed by atoms with E-state index in [0.29, 0.717) is 23.8 Å². The smallest absolute Gasteiger partial charge is 0.242 e. The van der Waals surface area contributed by atoms with Crippen LogP contribution in [0.2, 0.25) is 0 Å². The Bertz CT molecular complexity index is 957. The normalized spacial score (nSPS) is 18.1. The van der Waals surface area contributed by atoms with Crippen molar-refractivity contribution in [1.29, 1.82) is 0 Å². The molecule has 0 saturated carbocycles. The Morgan fingerprint density at radius 2 is 2.10 bits per heavy atom. The predicted octanol–water partition coefficient (Wildman–Crippen LogP) is 1.12. The highest BCUT2D eigenvalue weighted by Crippen LogP contribution is 2.25. The number of aromatic nitrogens is 2. The van der Waals surface area contributed by atoms with Crippen molar-refractivity contribution in [2.45, 2.75) is 37.1 Å². The molecule has 9 nitrogen and oxygen atoms in total. The van der Waals surface area contributed by atoms with E-state index in [-0.39, 0.29) is 29.8 Å². The van der Waals surface area contributed by atoms with E-state index in [1.54, 1.807) is 31.2 Å². The minimum atomic E-state index is -3.57. The number of sulfonamides is 1. The summed E-state index contributed by atoms with van der Waals surface area (Å²) in [6, 6.07) is 6.70. The number of amides is 1. The highest BCUT2D eigenvalue weighted by Gasteiger charge is 2.27. The van der Waals surface area contributed by atoms with Gasteiger partial charge in [-0.2, -0.15) is 4.98 Å². The van der Waals surface area contributed by atoms with Crippen molar-refractivity contribution in [3.63, 3.8) is 0 Å². The molecule has 0 spiro atoms. The molecule has 1 amide bonds. The molecule has 1 aromatic carbocycles. The van der Waals surface area contributed by atoms with Gasteiger partial charge in [0.15, 0.2) is 5.82 Å². The molecule has 1 aliphatic heterocycles. The molecule has 1 aromatic heterocycles. The summed E-state index contributed by atoms with van der Waals surface area (Å²) in [6.07, 6.45) is 1.90. The van der Waals surface area contributed by atoms with E-state index in [9.17, 15) is 13.2 Å². The van der Waals surface area contributed by atoms with E-state index in [2.05, 4.69) is 20.4 Å². The number of nitrogens with zero attached hydrogens (tertiary/aromatic N) is 4. The van der Waals surface area contributed by atoms with E-state index < -0.39 is 10.0 Å². The van der Waals surface area contributed by atoms with Crippen LogP contribution in [0.15, 0.2) is 33.7 Å². The van der Waals surface area contributed by atoms with Gasteiger partial charge >= 0.3 is 0 Å². The number of aryl methyl sites for hydroxylation is 1. The van der Waals surface area contributed by atoms with E-state index in [1.807, 2.05) is 0 Å². The van der Waals surface area contributed by atoms with Crippen molar-refractivity contribution in [1.82, 2.24) is 24.7 Å². The third-order valence-electron chi connectivity index (χ3n) is 4.97. The quantitative estimate of drug-likeness (QED) is 0.714. The summed E-state index contributed by atoms with van der Waals surface area (Å²) in [5.74, 6) is 1.21. The van der Waals surface area contributed by atoms with Gasteiger partial charge in [-0.25, -0.2) is 12.7 Å². The monoisotopic (exact) mass is 421 g/mol. The lowest BCUT2D eigenvalue weighted by Gasteiger charge is -2.30. The largest absolute Gasteiger partial charge is 0.351 e. The topological polar surface area (TPSA) is 109 Å². The van der Waals surface area contributed by atoms with Crippen LogP contribution >= 0.6 is 0 Å². The van der Waals surface area contributed by atoms with Gasteiger partial charge in [0, 0.05) is 27.2 Å². The highest BCUT2D eigenvalue weighted by molar-refractivity contribution is 7.89. The van der Waals surface area contributed by atoms with Gasteiger partial charge in [-0.1, -0.05) is 23.4 Å². The molecule has 2 aromatic rings. The van der Waals surface area contributed by atoms with Crippen molar-refractivity contribution < 1.29 is 17.7 Å². The fourth-order valence-corrected chi connectivity index (χ4v) is 4.55. The summed E-state index contributed by atoms with van der Waals surface area (Å²) in [6.45, 7) is 3.69. The molecule has 2 heterocycles. The fourth-order valence-electron chi connectivity index (χ4n) is 3.43. The van der Waals surface area contributed by atoms with Gasteiger partial charge in [0.1, 0.15) is 0 Å². The van der Waals surface area contributed by atoms with Gasteiger partial charge in [0.25, 0.3) is 0 Å². The Kier molecular flexibility index (Phi) is 6.66. The molecule has 0 radical (unpaired) electrons. The Labute approximate surface area is 171 Å². The highest BCUT2D eigenvalue weighted by atomic mass is 32.2. The van der Waals surface area contributed by atoms with Crippen LogP contribution in [-0.2, 0) is 21.4 Å². The van der Waals surface area contributed by atoms with E-state index in [1.165, 1.54) is 18.4 Å². The first-order valence-corrected chi connectivity index (χ1v) is 11.0.